The Hall–Kier alpha value is -1.40. The van der Waals surface area contributed by atoms with Crippen LogP contribution in [0.15, 0.2) is 29.2 Å². The summed E-state index contributed by atoms with van der Waals surface area (Å²) < 4.78 is 32.9. The fraction of sp³-hybridized carbons (Fsp3) is 0.682. The van der Waals surface area contributed by atoms with E-state index in [1.165, 1.54) is 38.5 Å². The van der Waals surface area contributed by atoms with Crippen molar-refractivity contribution in [3.8, 4) is 0 Å². The zero-order chi connectivity index (χ0) is 20.8. The SMILES string of the molecule is CCCCCCCCCCC(CNS(=O)(=O)c1ccc(C)cc1)OC(=O)CC. The molecule has 0 saturated carbocycles. The molecule has 1 aromatic rings. The van der Waals surface area contributed by atoms with Gasteiger partial charge in [-0.05, 0) is 31.9 Å². The van der Waals surface area contributed by atoms with Gasteiger partial charge < -0.3 is 4.74 Å². The van der Waals surface area contributed by atoms with Gasteiger partial charge >= 0.3 is 5.97 Å². The number of aryl methyl sites for hydroxylation is 1. The molecule has 1 aromatic carbocycles. The summed E-state index contributed by atoms with van der Waals surface area (Å²) in [5, 5.41) is 0. The number of sulfonamides is 1. The van der Waals surface area contributed by atoms with Gasteiger partial charge in [-0.15, -0.1) is 0 Å². The third-order valence-corrected chi connectivity index (χ3v) is 6.24. The van der Waals surface area contributed by atoms with Gasteiger partial charge in [0, 0.05) is 13.0 Å². The highest BCUT2D eigenvalue weighted by molar-refractivity contribution is 7.89. The number of benzene rings is 1. The molecule has 1 N–H and O–H groups in total. The smallest absolute Gasteiger partial charge is 0.305 e. The second kappa shape index (κ2) is 13.7. The zero-order valence-corrected chi connectivity index (χ0v) is 18.5. The van der Waals surface area contributed by atoms with Crippen LogP contribution in [0.25, 0.3) is 0 Å². The molecule has 28 heavy (non-hydrogen) atoms. The van der Waals surface area contributed by atoms with Gasteiger partial charge in [-0.25, -0.2) is 13.1 Å². The Bertz CT molecular complexity index is 656. The minimum Gasteiger partial charge on any atom is -0.461 e. The van der Waals surface area contributed by atoms with Gasteiger partial charge in [0.1, 0.15) is 6.10 Å². The summed E-state index contributed by atoms with van der Waals surface area (Å²) in [6.07, 6.45) is 10.1. The number of esters is 1. The van der Waals surface area contributed by atoms with E-state index in [1.807, 2.05) is 6.92 Å². The van der Waals surface area contributed by atoms with Crippen LogP contribution in [0.3, 0.4) is 0 Å². The van der Waals surface area contributed by atoms with Gasteiger partial charge in [-0.3, -0.25) is 4.79 Å². The first-order valence-electron chi connectivity index (χ1n) is 10.6. The normalized spacial score (nSPS) is 12.7. The molecular weight excluding hydrogens is 374 g/mol. The predicted molar refractivity (Wildman–Crippen MR) is 114 cm³/mol. The minimum atomic E-state index is -3.60. The van der Waals surface area contributed by atoms with Crippen molar-refractivity contribution in [2.75, 3.05) is 6.54 Å². The molecule has 0 aliphatic carbocycles. The van der Waals surface area contributed by atoms with Crippen molar-refractivity contribution in [2.24, 2.45) is 0 Å². The lowest BCUT2D eigenvalue weighted by Crippen LogP contribution is -2.35. The molecular formula is C22H37NO4S. The maximum Gasteiger partial charge on any atom is 0.305 e. The molecule has 0 aromatic heterocycles. The molecule has 160 valence electrons. The summed E-state index contributed by atoms with van der Waals surface area (Å²) in [5.41, 5.74) is 1.00. The van der Waals surface area contributed by atoms with E-state index in [4.69, 9.17) is 4.74 Å². The van der Waals surface area contributed by atoms with Crippen LogP contribution in [0.2, 0.25) is 0 Å². The number of carbonyl (C=O) groups excluding carboxylic acids is 1. The monoisotopic (exact) mass is 411 g/mol. The number of carbonyl (C=O) groups is 1. The van der Waals surface area contributed by atoms with Crippen molar-refractivity contribution in [1.82, 2.24) is 4.72 Å². The topological polar surface area (TPSA) is 72.5 Å². The highest BCUT2D eigenvalue weighted by atomic mass is 32.2. The van der Waals surface area contributed by atoms with Crippen LogP contribution in [0, 0.1) is 6.92 Å². The van der Waals surface area contributed by atoms with Crippen molar-refractivity contribution >= 4 is 16.0 Å². The maximum absolute atomic E-state index is 12.5. The van der Waals surface area contributed by atoms with Crippen LogP contribution in [0.5, 0.6) is 0 Å². The number of unbranched alkanes of at least 4 members (excludes halogenated alkanes) is 7. The van der Waals surface area contributed by atoms with Crippen LogP contribution < -0.4 is 4.72 Å². The molecule has 0 aliphatic heterocycles. The molecule has 0 saturated heterocycles. The second-order valence-corrected chi connectivity index (χ2v) is 9.16. The molecule has 1 unspecified atom stereocenters. The summed E-state index contributed by atoms with van der Waals surface area (Å²) in [6, 6.07) is 6.71. The minimum absolute atomic E-state index is 0.110. The average molecular weight is 412 g/mol. The largest absolute Gasteiger partial charge is 0.461 e. The molecule has 1 rings (SSSR count). The van der Waals surface area contributed by atoms with Gasteiger partial charge in [0.25, 0.3) is 0 Å². The summed E-state index contributed by atoms with van der Waals surface area (Å²) in [5.74, 6) is -0.293. The van der Waals surface area contributed by atoms with E-state index in [0.717, 1.165) is 18.4 Å². The van der Waals surface area contributed by atoms with Crippen molar-refractivity contribution in [3.05, 3.63) is 29.8 Å². The zero-order valence-electron chi connectivity index (χ0n) is 17.7. The summed E-state index contributed by atoms with van der Waals surface area (Å²) in [4.78, 5) is 11.9. The van der Waals surface area contributed by atoms with Crippen LogP contribution in [0.4, 0.5) is 0 Å². The predicted octanol–water partition coefficient (Wildman–Crippen LogP) is 5.13. The first-order chi connectivity index (χ1) is 13.4. The summed E-state index contributed by atoms with van der Waals surface area (Å²) >= 11 is 0. The van der Waals surface area contributed by atoms with E-state index in [0.29, 0.717) is 12.8 Å². The maximum atomic E-state index is 12.5. The Morgan fingerprint density at radius 1 is 0.964 bits per heavy atom. The van der Waals surface area contributed by atoms with Crippen molar-refractivity contribution < 1.29 is 17.9 Å². The number of rotatable bonds is 15. The number of nitrogens with one attached hydrogen (secondary N) is 1. The molecule has 0 fully saturated rings. The van der Waals surface area contributed by atoms with Gasteiger partial charge in [0.2, 0.25) is 10.0 Å². The van der Waals surface area contributed by atoms with Crippen molar-refractivity contribution in [3.63, 3.8) is 0 Å². The molecule has 5 nitrogen and oxygen atoms in total. The molecule has 0 bridgehead atoms. The highest BCUT2D eigenvalue weighted by Gasteiger charge is 2.19. The lowest BCUT2D eigenvalue weighted by Gasteiger charge is -2.18. The molecule has 1 atom stereocenters. The molecule has 0 spiro atoms. The standard InChI is InChI=1S/C22H37NO4S/c1-4-6-7-8-9-10-11-12-13-20(27-22(24)5-2)18-23-28(25,26)21-16-14-19(3)15-17-21/h14-17,20,23H,4-13,18H2,1-3H3. The van der Waals surface area contributed by atoms with Crippen molar-refractivity contribution in [2.45, 2.75) is 96.0 Å². The number of hydrogen-bond donors (Lipinski definition) is 1. The van der Waals surface area contributed by atoms with Crippen molar-refractivity contribution in [1.29, 1.82) is 0 Å². The van der Waals surface area contributed by atoms with Crippen LogP contribution in [-0.2, 0) is 19.6 Å². The van der Waals surface area contributed by atoms with Gasteiger partial charge in [-0.1, -0.05) is 76.5 Å². The third-order valence-electron chi connectivity index (χ3n) is 4.80. The second-order valence-electron chi connectivity index (χ2n) is 7.39. The first kappa shape index (κ1) is 24.6. The molecule has 0 aliphatic rings. The van der Waals surface area contributed by atoms with E-state index in [2.05, 4.69) is 11.6 Å². The average Bonchev–Trinajstić information content (AvgIpc) is 2.68. The van der Waals surface area contributed by atoms with Crippen LogP contribution in [-0.4, -0.2) is 27.0 Å². The van der Waals surface area contributed by atoms with E-state index < -0.39 is 16.1 Å². The molecule has 6 heteroatoms. The quantitative estimate of drug-likeness (QED) is 0.321. The molecule has 0 radical (unpaired) electrons. The van der Waals surface area contributed by atoms with E-state index in [9.17, 15) is 13.2 Å². The Morgan fingerprint density at radius 3 is 2.11 bits per heavy atom. The molecule has 0 heterocycles. The van der Waals surface area contributed by atoms with E-state index in [-0.39, 0.29) is 17.4 Å². The third kappa shape index (κ3) is 10.2. The van der Waals surface area contributed by atoms with Crippen LogP contribution >= 0.6 is 0 Å². The Kier molecular flexibility index (Phi) is 12.1. The Morgan fingerprint density at radius 2 is 1.54 bits per heavy atom. The van der Waals surface area contributed by atoms with E-state index in [1.54, 1.807) is 31.2 Å². The van der Waals surface area contributed by atoms with Gasteiger partial charge in [0.15, 0.2) is 0 Å². The fourth-order valence-corrected chi connectivity index (χ4v) is 4.05. The summed E-state index contributed by atoms with van der Waals surface area (Å²) in [6.45, 7) is 5.98. The Balaban J connectivity index is 2.46. The lowest BCUT2D eigenvalue weighted by molar-refractivity contribution is -0.148. The lowest BCUT2D eigenvalue weighted by atomic mass is 10.1. The Labute approximate surface area is 171 Å². The van der Waals surface area contributed by atoms with Gasteiger partial charge in [0.05, 0.1) is 4.90 Å². The first-order valence-corrected chi connectivity index (χ1v) is 12.1. The van der Waals surface area contributed by atoms with E-state index >= 15 is 0 Å². The summed E-state index contributed by atoms with van der Waals surface area (Å²) in [7, 11) is -3.60. The number of hydrogen-bond acceptors (Lipinski definition) is 4. The number of ether oxygens (including phenoxy) is 1. The van der Waals surface area contributed by atoms with Gasteiger partial charge in [-0.2, -0.15) is 0 Å². The fourth-order valence-electron chi connectivity index (χ4n) is 2.98. The highest BCUT2D eigenvalue weighted by Crippen LogP contribution is 2.14. The van der Waals surface area contributed by atoms with Crippen LogP contribution in [0.1, 0.15) is 83.6 Å². The molecule has 0 amide bonds.